The predicted molar refractivity (Wildman–Crippen MR) is 122 cm³/mol. The molecule has 3 rings (SSSR count). The average Bonchev–Trinajstić information content (AvgIpc) is 3.17. The molecule has 0 radical (unpaired) electrons. The van der Waals surface area contributed by atoms with E-state index in [4.69, 9.17) is 4.74 Å². The molecule has 0 atom stereocenters. The van der Waals surface area contributed by atoms with Crippen molar-refractivity contribution in [2.75, 3.05) is 4.90 Å². The quantitative estimate of drug-likeness (QED) is 0.244. The molecule has 0 fully saturated rings. The summed E-state index contributed by atoms with van der Waals surface area (Å²) >= 11 is 1.07. The maximum atomic E-state index is 13.1. The number of aryl methyl sites for hydroxylation is 3. The molecule has 0 unspecified atom stereocenters. The number of esters is 1. The van der Waals surface area contributed by atoms with Crippen LogP contribution in [0.4, 0.5) is 24.0 Å². The van der Waals surface area contributed by atoms with E-state index in [2.05, 4.69) is 4.98 Å². The van der Waals surface area contributed by atoms with Crippen LogP contribution in [0.5, 0.6) is 5.75 Å². The summed E-state index contributed by atoms with van der Waals surface area (Å²) in [6.07, 6.45) is -1.91. The fourth-order valence-corrected chi connectivity index (χ4v) is 4.17. The molecule has 33 heavy (non-hydrogen) atoms. The van der Waals surface area contributed by atoms with Gasteiger partial charge in [0.1, 0.15) is 5.75 Å². The Labute approximate surface area is 193 Å². The second-order valence-corrected chi connectivity index (χ2v) is 8.28. The van der Waals surface area contributed by atoms with Gasteiger partial charge in [-0.1, -0.05) is 23.8 Å². The van der Waals surface area contributed by atoms with Crippen LogP contribution in [-0.4, -0.2) is 16.9 Å². The molecule has 1 amide bonds. The average molecular weight is 475 g/mol. The maximum Gasteiger partial charge on any atom is 0.416 e. The molecular formula is C24H21F3N2O3S. The molecule has 172 valence electrons. The van der Waals surface area contributed by atoms with Crippen molar-refractivity contribution >= 4 is 40.1 Å². The summed E-state index contributed by atoms with van der Waals surface area (Å²) in [5.41, 5.74) is 2.28. The van der Waals surface area contributed by atoms with Crippen LogP contribution < -0.4 is 9.64 Å². The van der Waals surface area contributed by atoms with Crippen molar-refractivity contribution in [2.24, 2.45) is 0 Å². The van der Waals surface area contributed by atoms with Crippen LogP contribution in [0.3, 0.4) is 0 Å². The first-order valence-electron chi connectivity index (χ1n) is 9.87. The van der Waals surface area contributed by atoms with Gasteiger partial charge >= 0.3 is 12.1 Å². The zero-order valence-electron chi connectivity index (χ0n) is 18.4. The van der Waals surface area contributed by atoms with Crippen molar-refractivity contribution in [1.29, 1.82) is 0 Å². The summed E-state index contributed by atoms with van der Waals surface area (Å²) in [7, 11) is 0. The lowest BCUT2D eigenvalue weighted by Crippen LogP contribution is -2.23. The van der Waals surface area contributed by atoms with Crippen molar-refractivity contribution in [3.05, 3.63) is 75.8 Å². The van der Waals surface area contributed by atoms with Crippen molar-refractivity contribution in [3.8, 4) is 5.75 Å². The van der Waals surface area contributed by atoms with Gasteiger partial charge in [-0.2, -0.15) is 13.2 Å². The molecule has 5 nitrogen and oxygen atoms in total. The molecule has 9 heteroatoms. The van der Waals surface area contributed by atoms with Gasteiger partial charge in [0, 0.05) is 18.4 Å². The molecule has 0 saturated heterocycles. The Balaban J connectivity index is 1.80. The molecule has 1 aromatic heterocycles. The van der Waals surface area contributed by atoms with E-state index in [-0.39, 0.29) is 10.8 Å². The second-order valence-electron chi connectivity index (χ2n) is 7.44. The molecule has 2 aromatic carbocycles. The van der Waals surface area contributed by atoms with Crippen LogP contribution in [0.25, 0.3) is 6.08 Å². The molecule has 0 aliphatic heterocycles. The Hall–Kier alpha value is -3.46. The first-order valence-corrected chi connectivity index (χ1v) is 10.7. The second kappa shape index (κ2) is 9.58. The number of aromatic nitrogens is 1. The fourth-order valence-electron chi connectivity index (χ4n) is 3.32. The molecule has 0 aliphatic rings. The van der Waals surface area contributed by atoms with Gasteiger partial charge in [0.2, 0.25) is 5.91 Å². The Bertz CT molecular complexity index is 1210. The van der Waals surface area contributed by atoms with E-state index in [0.717, 1.165) is 45.1 Å². The number of carbonyl (C=O) groups excluding carboxylic acids is 2. The lowest BCUT2D eigenvalue weighted by molar-refractivity contribution is -0.137. The molecular weight excluding hydrogens is 453 g/mol. The van der Waals surface area contributed by atoms with Gasteiger partial charge in [0.15, 0.2) is 5.13 Å². The highest BCUT2D eigenvalue weighted by Gasteiger charge is 2.31. The van der Waals surface area contributed by atoms with E-state index in [0.29, 0.717) is 11.4 Å². The standard InChI is InChI=1S/C24H21F3N2O3S/c1-14-10-15(2)22(16(3)11-14)32-21(31)9-8-19-13-33-23(28-19)29(17(4)30)20-7-5-6-18(12-20)24(25,26)27/h5-13H,1-4H3. The lowest BCUT2D eigenvalue weighted by Gasteiger charge is -2.19. The highest BCUT2D eigenvalue weighted by Crippen LogP contribution is 2.35. The fraction of sp³-hybridized carbons (Fsp3) is 0.208. The smallest absolute Gasteiger partial charge is 0.416 e. The number of halogens is 3. The van der Waals surface area contributed by atoms with Crippen LogP contribution >= 0.6 is 11.3 Å². The van der Waals surface area contributed by atoms with Gasteiger partial charge in [-0.3, -0.25) is 9.69 Å². The molecule has 0 bridgehead atoms. The summed E-state index contributed by atoms with van der Waals surface area (Å²) in [4.78, 5) is 29.8. The van der Waals surface area contributed by atoms with E-state index in [9.17, 15) is 22.8 Å². The van der Waals surface area contributed by atoms with E-state index < -0.39 is 23.6 Å². The third-order valence-electron chi connectivity index (χ3n) is 4.65. The molecule has 0 aliphatic carbocycles. The molecule has 0 N–H and O–H groups in total. The SMILES string of the molecule is CC(=O)N(c1cccc(C(F)(F)F)c1)c1nc(C=CC(=O)Oc2c(C)cc(C)cc2C)cs1. The lowest BCUT2D eigenvalue weighted by atomic mass is 10.1. The minimum absolute atomic E-state index is 0.0481. The molecule has 1 heterocycles. The van der Waals surface area contributed by atoms with Gasteiger partial charge in [0.05, 0.1) is 16.9 Å². The summed E-state index contributed by atoms with van der Waals surface area (Å²) in [6, 6.07) is 8.28. The summed E-state index contributed by atoms with van der Waals surface area (Å²) < 4.78 is 44.7. The van der Waals surface area contributed by atoms with Crippen LogP contribution in [0.1, 0.15) is 34.9 Å². The Morgan fingerprint density at radius 3 is 2.36 bits per heavy atom. The number of ether oxygens (including phenoxy) is 1. The van der Waals surface area contributed by atoms with Gasteiger partial charge in [-0.15, -0.1) is 11.3 Å². The number of anilines is 2. The Kier molecular flexibility index (Phi) is 7.02. The highest BCUT2D eigenvalue weighted by molar-refractivity contribution is 7.14. The van der Waals surface area contributed by atoms with Crippen LogP contribution in [0.2, 0.25) is 0 Å². The first-order chi connectivity index (χ1) is 15.5. The highest BCUT2D eigenvalue weighted by atomic mass is 32.1. The van der Waals surface area contributed by atoms with Gasteiger partial charge in [-0.05, 0) is 56.2 Å². The predicted octanol–water partition coefficient (Wildman–Crippen LogP) is 6.39. The largest absolute Gasteiger partial charge is 0.423 e. The molecule has 0 saturated carbocycles. The Morgan fingerprint density at radius 1 is 1.09 bits per heavy atom. The van der Waals surface area contributed by atoms with Gasteiger partial charge in [-0.25, -0.2) is 9.78 Å². The van der Waals surface area contributed by atoms with Crippen LogP contribution in [0, 0.1) is 20.8 Å². The van der Waals surface area contributed by atoms with Crippen molar-refractivity contribution in [2.45, 2.75) is 33.9 Å². The summed E-state index contributed by atoms with van der Waals surface area (Å²) in [6.45, 7) is 6.89. The van der Waals surface area contributed by atoms with Crippen molar-refractivity contribution in [1.82, 2.24) is 4.98 Å². The number of benzene rings is 2. The zero-order chi connectivity index (χ0) is 24.3. The van der Waals surface area contributed by atoms with Crippen LogP contribution in [-0.2, 0) is 15.8 Å². The third kappa shape index (κ3) is 5.87. The minimum atomic E-state index is -4.54. The summed E-state index contributed by atoms with van der Waals surface area (Å²) in [5, 5.41) is 1.77. The number of thiazole rings is 1. The van der Waals surface area contributed by atoms with E-state index in [1.54, 1.807) is 5.38 Å². The third-order valence-corrected chi connectivity index (χ3v) is 5.49. The number of hydrogen-bond donors (Lipinski definition) is 0. The number of amides is 1. The van der Waals surface area contributed by atoms with E-state index >= 15 is 0 Å². The normalized spacial score (nSPS) is 11.6. The van der Waals surface area contributed by atoms with Crippen molar-refractivity contribution < 1.29 is 27.5 Å². The van der Waals surface area contributed by atoms with Crippen LogP contribution in [0.15, 0.2) is 47.9 Å². The summed E-state index contributed by atoms with van der Waals surface area (Å²) in [5.74, 6) is -0.605. The number of alkyl halides is 3. The van der Waals surface area contributed by atoms with E-state index in [1.807, 2.05) is 32.9 Å². The number of carbonyl (C=O) groups is 2. The monoisotopic (exact) mass is 474 g/mol. The zero-order valence-corrected chi connectivity index (χ0v) is 19.2. The molecule has 3 aromatic rings. The maximum absolute atomic E-state index is 13.1. The number of hydrogen-bond acceptors (Lipinski definition) is 5. The van der Waals surface area contributed by atoms with E-state index in [1.165, 1.54) is 31.2 Å². The van der Waals surface area contributed by atoms with Gasteiger partial charge < -0.3 is 4.74 Å². The molecule has 0 spiro atoms. The number of nitrogens with zero attached hydrogens (tertiary/aromatic N) is 2. The number of rotatable bonds is 5. The van der Waals surface area contributed by atoms with Gasteiger partial charge in [0.25, 0.3) is 0 Å². The van der Waals surface area contributed by atoms with Crippen molar-refractivity contribution in [3.63, 3.8) is 0 Å². The first kappa shape index (κ1) is 24.2. The topological polar surface area (TPSA) is 59.5 Å². The Morgan fingerprint density at radius 2 is 1.76 bits per heavy atom. The minimum Gasteiger partial charge on any atom is -0.423 e.